The highest BCUT2D eigenvalue weighted by Crippen LogP contribution is 2.41. The number of fused-ring (bicyclic) bond motifs is 2. The lowest BCUT2D eigenvalue weighted by Gasteiger charge is -2.38. The number of nitrogens with one attached hydrogen (secondary N) is 2. The van der Waals surface area contributed by atoms with Crippen LogP contribution in [0.1, 0.15) is 59.8 Å². The molecule has 5 N–H and O–H groups in total. The van der Waals surface area contributed by atoms with E-state index in [1.54, 1.807) is 23.1 Å². The number of benzene rings is 4. The molecule has 4 aromatic rings. The second-order valence-corrected chi connectivity index (χ2v) is 16.2. The number of nitrogens with two attached hydrogens (primary N) is 1. The van der Waals surface area contributed by atoms with Crippen molar-refractivity contribution in [3.63, 3.8) is 0 Å². The molecule has 3 aliphatic heterocycles. The van der Waals surface area contributed by atoms with Gasteiger partial charge in [0, 0.05) is 31.6 Å². The molecule has 7 rings (SSSR count). The molecule has 60 heavy (non-hydrogen) atoms. The van der Waals surface area contributed by atoms with Gasteiger partial charge in [0.25, 0.3) is 0 Å². The van der Waals surface area contributed by atoms with Gasteiger partial charge in [-0.1, -0.05) is 84.4 Å². The van der Waals surface area contributed by atoms with Gasteiger partial charge in [0.2, 0.25) is 11.8 Å². The maximum Gasteiger partial charge on any atom is 0.326 e. The van der Waals surface area contributed by atoms with Crippen molar-refractivity contribution in [2.24, 2.45) is 11.7 Å². The molecule has 3 heterocycles. The maximum absolute atomic E-state index is 14.2. The number of carbonyl (C=O) groups excluding carboxylic acids is 2. The molecule has 0 aromatic heterocycles. The summed E-state index contributed by atoms with van der Waals surface area (Å²) in [6.45, 7) is 9.54. The second-order valence-electron chi connectivity index (χ2n) is 15.4. The number of hydrogen-bond acceptors (Lipinski definition) is 8. The zero-order valence-electron chi connectivity index (χ0n) is 33.5. The van der Waals surface area contributed by atoms with Crippen molar-refractivity contribution in [2.75, 3.05) is 19.7 Å². The Hall–Kier alpha value is -5.75. The Morgan fingerprint density at radius 2 is 1.73 bits per heavy atom. The number of ether oxygens (including phenoxy) is 3. The monoisotopic (exact) mass is 850 g/mol. The third-order valence-electron chi connectivity index (χ3n) is 11.3. The van der Waals surface area contributed by atoms with Crippen LogP contribution in [-0.4, -0.2) is 59.6 Å². The van der Waals surface area contributed by atoms with Crippen LogP contribution in [-0.2, 0) is 40.4 Å². The van der Waals surface area contributed by atoms with Crippen molar-refractivity contribution < 1.29 is 33.7 Å². The van der Waals surface area contributed by atoms with E-state index in [9.17, 15) is 19.5 Å². The minimum absolute atomic E-state index is 0.0464. The molecule has 11 nitrogen and oxygen atoms in total. The van der Waals surface area contributed by atoms with E-state index in [2.05, 4.69) is 17.2 Å². The Labute approximate surface area is 359 Å². The van der Waals surface area contributed by atoms with Gasteiger partial charge in [-0.25, -0.2) is 4.79 Å². The van der Waals surface area contributed by atoms with E-state index in [-0.39, 0.29) is 37.8 Å². The van der Waals surface area contributed by atoms with Crippen LogP contribution in [0.4, 0.5) is 0 Å². The fourth-order valence-electron chi connectivity index (χ4n) is 7.75. The normalized spacial score (nSPS) is 19.4. The predicted molar refractivity (Wildman–Crippen MR) is 232 cm³/mol. The summed E-state index contributed by atoms with van der Waals surface area (Å²) >= 11 is 12.2. The molecular formula is C47H48Cl2N4O7. The molecule has 0 aliphatic carbocycles. The van der Waals surface area contributed by atoms with Crippen molar-refractivity contribution in [1.82, 2.24) is 15.5 Å². The third kappa shape index (κ3) is 9.65. The summed E-state index contributed by atoms with van der Waals surface area (Å²) in [5, 5.41) is 17.3. The molecule has 4 atom stereocenters. The lowest BCUT2D eigenvalue weighted by molar-refractivity contribution is -0.147. The van der Waals surface area contributed by atoms with Crippen molar-refractivity contribution in [3.05, 3.63) is 152 Å². The van der Waals surface area contributed by atoms with Crippen LogP contribution in [0.25, 0.3) is 5.57 Å². The van der Waals surface area contributed by atoms with Gasteiger partial charge in [0.1, 0.15) is 31.0 Å². The first kappa shape index (κ1) is 42.4. The van der Waals surface area contributed by atoms with Gasteiger partial charge in [-0.15, -0.1) is 0 Å². The summed E-state index contributed by atoms with van der Waals surface area (Å²) in [6.07, 6.45) is 4.06. The first-order valence-corrected chi connectivity index (χ1v) is 20.7. The van der Waals surface area contributed by atoms with E-state index < -0.39 is 30.1 Å². The molecule has 13 heteroatoms. The number of halogens is 2. The van der Waals surface area contributed by atoms with Crippen LogP contribution in [0.5, 0.6) is 17.2 Å². The van der Waals surface area contributed by atoms with Gasteiger partial charge in [-0.3, -0.25) is 9.59 Å². The molecule has 0 bridgehead atoms. The van der Waals surface area contributed by atoms with Gasteiger partial charge >= 0.3 is 5.97 Å². The number of rotatable bonds is 13. The molecule has 0 spiro atoms. The smallest absolute Gasteiger partial charge is 0.326 e. The van der Waals surface area contributed by atoms with Crippen LogP contribution in [0.2, 0.25) is 10.0 Å². The lowest BCUT2D eigenvalue weighted by atomic mass is 9.90. The van der Waals surface area contributed by atoms with E-state index in [1.165, 1.54) is 0 Å². The van der Waals surface area contributed by atoms with Crippen molar-refractivity contribution in [2.45, 2.75) is 64.4 Å². The highest BCUT2D eigenvalue weighted by molar-refractivity contribution is 6.42. The zero-order chi connectivity index (χ0) is 42.5. The Morgan fingerprint density at radius 1 is 1.00 bits per heavy atom. The molecule has 1 saturated heterocycles. The largest absolute Gasteiger partial charge is 0.489 e. The summed E-state index contributed by atoms with van der Waals surface area (Å²) in [5.74, 6) is -0.396. The average molecular weight is 852 g/mol. The molecule has 1 unspecified atom stereocenters. The number of nitrogens with zero attached hydrogens (tertiary/aromatic N) is 1. The number of carbonyl (C=O) groups is 3. The standard InChI is InChI=1S/C47H48Cl2N4O7/c1-4-5-37(27(2)28(3)50)31-9-6-29(7-10-31)19-40(47(56)57)52-45(54)41-20-34-21-42-43(22-35(34)24-53(41)46(55)33-16-17-51-23-33)60-44(26-59-42)32-11-13-36(14-12-32)58-25-30-8-15-38(48)39(49)18-30/h4-15,18,21-22,33,40-41,44,51H,1,16-17,19-20,23-26,50H2,2-3H3,(H,52,54)(H,56,57)/b28-27-,37-5+/t33-,40?,41-,44+/m0/s1. The number of carboxylic acid groups (broad SMARTS) is 1. The van der Waals surface area contributed by atoms with Gasteiger partial charge in [-0.2, -0.15) is 0 Å². The molecular weight excluding hydrogens is 803 g/mol. The topological polar surface area (TPSA) is 152 Å². The zero-order valence-corrected chi connectivity index (χ0v) is 35.0. The summed E-state index contributed by atoms with van der Waals surface area (Å²) in [4.78, 5) is 42.4. The van der Waals surface area contributed by atoms with Crippen LogP contribution < -0.4 is 30.6 Å². The summed E-state index contributed by atoms with van der Waals surface area (Å²) in [7, 11) is 0. The average Bonchev–Trinajstić information content (AvgIpc) is 3.80. The van der Waals surface area contributed by atoms with Gasteiger partial charge < -0.3 is 40.6 Å². The fourth-order valence-corrected chi connectivity index (χ4v) is 8.07. The van der Waals surface area contributed by atoms with Gasteiger partial charge in [0.05, 0.1) is 16.0 Å². The quantitative estimate of drug-likeness (QED) is 0.0998. The van der Waals surface area contributed by atoms with Crippen LogP contribution in [0, 0.1) is 5.92 Å². The molecule has 4 aromatic carbocycles. The number of aliphatic carboxylic acids is 1. The first-order valence-electron chi connectivity index (χ1n) is 19.9. The van der Waals surface area contributed by atoms with E-state index in [0.29, 0.717) is 59.1 Å². The number of hydrogen-bond donors (Lipinski definition) is 4. The van der Waals surface area contributed by atoms with E-state index in [1.807, 2.05) is 86.7 Å². The number of amides is 2. The van der Waals surface area contributed by atoms with Crippen LogP contribution in [0.15, 0.2) is 109 Å². The van der Waals surface area contributed by atoms with Crippen LogP contribution in [0.3, 0.4) is 0 Å². The Kier molecular flexibility index (Phi) is 13.2. The lowest BCUT2D eigenvalue weighted by Crippen LogP contribution is -2.57. The van der Waals surface area contributed by atoms with Crippen molar-refractivity contribution in [1.29, 1.82) is 0 Å². The van der Waals surface area contributed by atoms with E-state index in [4.69, 9.17) is 43.1 Å². The third-order valence-corrected chi connectivity index (χ3v) is 12.0. The number of allylic oxidation sites excluding steroid dienone is 5. The molecule has 3 aliphatic rings. The molecule has 0 saturated carbocycles. The van der Waals surface area contributed by atoms with Crippen molar-refractivity contribution in [3.8, 4) is 17.2 Å². The fraction of sp³-hybridized carbons (Fsp3) is 0.298. The number of carboxylic acids is 1. The molecule has 312 valence electrons. The summed E-state index contributed by atoms with van der Waals surface area (Å²) in [6, 6.07) is 22.1. The van der Waals surface area contributed by atoms with Crippen LogP contribution >= 0.6 is 23.2 Å². The minimum atomic E-state index is -1.23. The van der Waals surface area contributed by atoms with E-state index in [0.717, 1.165) is 44.5 Å². The summed E-state index contributed by atoms with van der Waals surface area (Å²) < 4.78 is 18.6. The maximum atomic E-state index is 14.2. The highest BCUT2D eigenvalue weighted by Gasteiger charge is 2.40. The molecule has 2 amide bonds. The Balaban J connectivity index is 1.05. The first-order chi connectivity index (χ1) is 28.9. The predicted octanol–water partition coefficient (Wildman–Crippen LogP) is 7.58. The van der Waals surface area contributed by atoms with Gasteiger partial charge in [-0.05, 0) is 108 Å². The van der Waals surface area contributed by atoms with E-state index >= 15 is 0 Å². The Bertz CT molecular complexity index is 2330. The molecule has 1 fully saturated rings. The Morgan fingerprint density at radius 3 is 2.40 bits per heavy atom. The second kappa shape index (κ2) is 18.7. The molecule has 0 radical (unpaired) electrons. The SMILES string of the molecule is C=C/C=C(\C(C)=C(\C)N)c1ccc(CC(NC(=O)[C@@H]2Cc3cc4c(cc3CN2C(=O)[C@H]2CCNC2)O[C@@H](c2ccc(OCc3ccc(Cl)c(Cl)c3)cc2)CO4)C(=O)O)cc1. The summed E-state index contributed by atoms with van der Waals surface area (Å²) in [5.41, 5.74) is 13.6. The highest BCUT2D eigenvalue weighted by atomic mass is 35.5. The van der Waals surface area contributed by atoms with Gasteiger partial charge in [0.15, 0.2) is 17.6 Å². The minimum Gasteiger partial charge on any atom is -0.489 e. The van der Waals surface area contributed by atoms with Crippen molar-refractivity contribution >= 4 is 46.6 Å².